The van der Waals surface area contributed by atoms with E-state index < -0.39 is 0 Å². The first-order chi connectivity index (χ1) is 6.27. The molecule has 0 radical (unpaired) electrons. The van der Waals surface area contributed by atoms with Crippen molar-refractivity contribution < 1.29 is 9.53 Å². The molecule has 1 aliphatic heterocycles. The largest absolute Gasteiger partial charge is 0.357 e. The van der Waals surface area contributed by atoms with Crippen LogP contribution in [-0.2, 0) is 9.53 Å². The standard InChI is InChI=1S/C10H10NO2/c1-8-2-4-9(5-3-8)11-7-13-6-10(11)12/h2-5,7H,6H2,1H3/q-1. The fourth-order valence-corrected chi connectivity index (χ4v) is 1.22. The number of hydrogen-bond acceptors (Lipinski definition) is 2. The SMILES string of the molecule is C[c-]1ccc(=[N+]2[CH-]OCC2=O)cc1. The van der Waals surface area contributed by atoms with Crippen LogP contribution >= 0.6 is 0 Å². The molecule has 13 heavy (non-hydrogen) atoms. The molecule has 0 aromatic heterocycles. The number of rotatable bonds is 0. The molecule has 68 valence electrons. The van der Waals surface area contributed by atoms with Gasteiger partial charge < -0.3 is 4.74 Å². The zero-order valence-corrected chi connectivity index (χ0v) is 7.36. The summed E-state index contributed by atoms with van der Waals surface area (Å²) in [5.41, 5.74) is 1.18. The summed E-state index contributed by atoms with van der Waals surface area (Å²) in [6, 6.07) is 7.74. The molecule has 1 fully saturated rings. The number of carbonyl (C=O) groups excluding carboxylic acids is 1. The molecule has 0 spiro atoms. The van der Waals surface area contributed by atoms with Crippen LogP contribution in [0.3, 0.4) is 0 Å². The number of carbonyl (C=O) groups is 1. The van der Waals surface area contributed by atoms with Gasteiger partial charge in [-0.1, -0.05) is 6.92 Å². The Bertz CT molecular complexity index is 383. The topological polar surface area (TPSA) is 29.3 Å². The molecule has 0 aliphatic carbocycles. The highest BCUT2D eigenvalue weighted by Gasteiger charge is 2.15. The molecule has 3 heteroatoms. The lowest BCUT2D eigenvalue weighted by atomic mass is 10.2. The molecule has 0 saturated carbocycles. The van der Waals surface area contributed by atoms with Crippen LogP contribution in [0, 0.1) is 13.7 Å². The molecule has 1 saturated heterocycles. The second kappa shape index (κ2) is 3.11. The molecule has 2 rings (SSSR count). The third-order valence-corrected chi connectivity index (χ3v) is 1.97. The maximum Gasteiger partial charge on any atom is 0.308 e. The summed E-state index contributed by atoms with van der Waals surface area (Å²) >= 11 is 0. The molecule has 1 amide bonds. The molecule has 1 aromatic rings. The molecule has 1 heterocycles. The maximum absolute atomic E-state index is 11.2. The molecular formula is C10H10NO2-. The van der Waals surface area contributed by atoms with Crippen LogP contribution in [0.4, 0.5) is 0 Å². The van der Waals surface area contributed by atoms with E-state index >= 15 is 0 Å². The summed E-state index contributed by atoms with van der Waals surface area (Å²) in [4.78, 5) is 11.2. The fraction of sp³-hybridized carbons (Fsp3) is 0.200. The summed E-state index contributed by atoms with van der Waals surface area (Å²) in [5.74, 6) is -0.0242. The minimum atomic E-state index is -0.0242. The number of aryl methyl sites for hydroxylation is 1. The van der Waals surface area contributed by atoms with Gasteiger partial charge in [0.1, 0.15) is 6.61 Å². The van der Waals surface area contributed by atoms with E-state index in [0.717, 1.165) is 5.36 Å². The predicted octanol–water partition coefficient (Wildman–Crippen LogP) is 0.162. The Labute approximate surface area is 76.3 Å². The van der Waals surface area contributed by atoms with Crippen molar-refractivity contribution in [1.29, 1.82) is 0 Å². The van der Waals surface area contributed by atoms with Gasteiger partial charge in [-0.25, -0.2) is 0 Å². The first-order valence-corrected chi connectivity index (χ1v) is 4.11. The Balaban J connectivity index is 2.54. The molecule has 3 nitrogen and oxygen atoms in total. The zero-order chi connectivity index (χ0) is 9.26. The number of ether oxygens (including phenoxy) is 1. The van der Waals surface area contributed by atoms with Gasteiger partial charge in [0.05, 0.1) is 0 Å². The minimum absolute atomic E-state index is 0.0242. The summed E-state index contributed by atoms with van der Waals surface area (Å²) in [6.45, 7) is 3.61. The third-order valence-electron chi connectivity index (χ3n) is 1.97. The Morgan fingerprint density at radius 1 is 1.54 bits per heavy atom. The number of nitrogens with zero attached hydrogens (tertiary/aromatic N) is 1. The van der Waals surface area contributed by atoms with Gasteiger partial charge in [-0.15, -0.1) is 0 Å². The average molecular weight is 176 g/mol. The molecule has 1 aromatic carbocycles. The molecule has 0 atom stereocenters. The number of benzene rings is 1. The van der Waals surface area contributed by atoms with Crippen LogP contribution in [0.5, 0.6) is 0 Å². The summed E-state index contributed by atoms with van der Waals surface area (Å²) in [6.07, 6.45) is 0. The zero-order valence-electron chi connectivity index (χ0n) is 7.36. The molecule has 1 aliphatic rings. The van der Waals surface area contributed by atoms with E-state index in [-0.39, 0.29) is 12.5 Å². The lowest BCUT2D eigenvalue weighted by Gasteiger charge is -2.03. The Kier molecular flexibility index (Phi) is 1.94. The van der Waals surface area contributed by atoms with Crippen molar-refractivity contribution in [1.82, 2.24) is 4.58 Å². The van der Waals surface area contributed by atoms with E-state index in [1.54, 1.807) is 0 Å². The van der Waals surface area contributed by atoms with Crippen LogP contribution in [-0.4, -0.2) is 12.5 Å². The second-order valence-corrected chi connectivity index (χ2v) is 3.02. The van der Waals surface area contributed by atoms with Gasteiger partial charge in [-0.05, 0) is 0 Å². The number of hydrogen-bond donors (Lipinski definition) is 0. The van der Waals surface area contributed by atoms with E-state index in [4.69, 9.17) is 4.74 Å². The van der Waals surface area contributed by atoms with E-state index in [1.165, 1.54) is 16.9 Å². The van der Waals surface area contributed by atoms with E-state index in [0.29, 0.717) is 0 Å². The summed E-state index contributed by atoms with van der Waals surface area (Å²) in [7, 11) is 0. The second-order valence-electron chi connectivity index (χ2n) is 3.02. The smallest absolute Gasteiger partial charge is 0.308 e. The van der Waals surface area contributed by atoms with Crippen molar-refractivity contribution in [3.63, 3.8) is 0 Å². The highest BCUT2D eigenvalue weighted by Crippen LogP contribution is 1.95. The monoisotopic (exact) mass is 176 g/mol. The lowest BCUT2D eigenvalue weighted by Crippen LogP contribution is -2.28. The molecule has 0 N–H and O–H groups in total. The van der Waals surface area contributed by atoms with Crippen molar-refractivity contribution in [2.45, 2.75) is 6.92 Å². The molecule has 0 bridgehead atoms. The average Bonchev–Trinajstić information content (AvgIpc) is 2.53. The van der Waals surface area contributed by atoms with Crippen molar-refractivity contribution in [2.24, 2.45) is 0 Å². The Hall–Kier alpha value is -1.48. The van der Waals surface area contributed by atoms with Crippen molar-refractivity contribution in [2.75, 3.05) is 6.61 Å². The van der Waals surface area contributed by atoms with Gasteiger partial charge in [0.15, 0.2) is 6.73 Å². The van der Waals surface area contributed by atoms with E-state index in [9.17, 15) is 4.79 Å². The minimum Gasteiger partial charge on any atom is -0.357 e. The van der Waals surface area contributed by atoms with Crippen molar-refractivity contribution in [3.8, 4) is 0 Å². The predicted molar refractivity (Wildman–Crippen MR) is 47.3 cm³/mol. The third kappa shape index (κ3) is 1.51. The summed E-state index contributed by atoms with van der Waals surface area (Å²) in [5, 5.41) is 0.855. The van der Waals surface area contributed by atoms with E-state index in [2.05, 4.69) is 0 Å². The van der Waals surface area contributed by atoms with Gasteiger partial charge in [0.2, 0.25) is 0 Å². The maximum atomic E-state index is 11.2. The Morgan fingerprint density at radius 3 is 2.77 bits per heavy atom. The van der Waals surface area contributed by atoms with E-state index in [1.807, 2.05) is 31.2 Å². The number of amides is 1. The van der Waals surface area contributed by atoms with Gasteiger partial charge in [0.25, 0.3) is 0 Å². The highest BCUT2D eigenvalue weighted by molar-refractivity contribution is 5.81. The Morgan fingerprint density at radius 2 is 2.23 bits per heavy atom. The summed E-state index contributed by atoms with van der Waals surface area (Å²) < 4.78 is 6.42. The van der Waals surface area contributed by atoms with Crippen molar-refractivity contribution >= 4 is 5.91 Å². The van der Waals surface area contributed by atoms with Crippen LogP contribution in [0.1, 0.15) is 5.56 Å². The highest BCUT2D eigenvalue weighted by atomic mass is 16.5. The van der Waals surface area contributed by atoms with Gasteiger partial charge in [0, 0.05) is 5.36 Å². The quantitative estimate of drug-likeness (QED) is 0.416. The van der Waals surface area contributed by atoms with Crippen LogP contribution < -0.4 is 9.93 Å². The van der Waals surface area contributed by atoms with Crippen molar-refractivity contribution in [3.05, 3.63) is 41.9 Å². The van der Waals surface area contributed by atoms with Gasteiger partial charge in [-0.3, -0.25) is 9.37 Å². The van der Waals surface area contributed by atoms with Crippen LogP contribution in [0.15, 0.2) is 24.3 Å². The van der Waals surface area contributed by atoms with Gasteiger partial charge >= 0.3 is 5.91 Å². The first-order valence-electron chi connectivity index (χ1n) is 4.11. The molecular weight excluding hydrogens is 166 g/mol. The van der Waals surface area contributed by atoms with Gasteiger partial charge in [-0.2, -0.15) is 29.8 Å². The lowest BCUT2D eigenvalue weighted by molar-refractivity contribution is -0.120. The fourth-order valence-electron chi connectivity index (χ4n) is 1.22. The normalized spacial score (nSPS) is 16.1. The van der Waals surface area contributed by atoms with Crippen LogP contribution in [0.25, 0.3) is 0 Å². The molecule has 0 unspecified atom stereocenters. The first kappa shape index (κ1) is 8.13. The van der Waals surface area contributed by atoms with Crippen LogP contribution in [0.2, 0.25) is 0 Å².